The van der Waals surface area contributed by atoms with E-state index in [0.29, 0.717) is 34.3 Å². The molecule has 0 aromatic heterocycles. The highest BCUT2D eigenvalue weighted by molar-refractivity contribution is 6.35. The van der Waals surface area contributed by atoms with Crippen molar-refractivity contribution in [3.8, 4) is 16.9 Å². The smallest absolute Gasteiger partial charge is 0.336 e. The lowest BCUT2D eigenvalue weighted by Gasteiger charge is -2.23. The van der Waals surface area contributed by atoms with Crippen LogP contribution in [0.2, 0.25) is 10.0 Å². The van der Waals surface area contributed by atoms with Crippen LogP contribution in [0.5, 0.6) is 5.75 Å². The minimum absolute atomic E-state index is 0.163. The highest BCUT2D eigenvalue weighted by atomic mass is 35.5. The SMILES string of the molecule is COc1ccc(CCCN(Cc2ccc(-c3ccccc3C(=O)O)cc2)C(=O)c2cc(Cl)cc(Cl)c2)cc1. The van der Waals surface area contributed by atoms with Crippen molar-refractivity contribution in [2.24, 2.45) is 0 Å². The Balaban J connectivity index is 1.53. The summed E-state index contributed by atoms with van der Waals surface area (Å²) >= 11 is 12.3. The van der Waals surface area contributed by atoms with Gasteiger partial charge in [-0.1, -0.05) is 77.8 Å². The molecule has 1 amide bonds. The number of aromatic carboxylic acids is 1. The maximum atomic E-state index is 13.5. The molecule has 0 saturated heterocycles. The van der Waals surface area contributed by atoms with E-state index in [2.05, 4.69) is 0 Å². The Bertz CT molecular complexity index is 1400. The fraction of sp³-hybridized carbons (Fsp3) is 0.161. The number of nitrogens with zero attached hydrogens (tertiary/aromatic N) is 1. The second-order valence-corrected chi connectivity index (χ2v) is 9.76. The number of carbonyl (C=O) groups is 2. The number of carboxylic acid groups (broad SMARTS) is 1. The van der Waals surface area contributed by atoms with Gasteiger partial charge in [0, 0.05) is 28.7 Å². The Hall–Kier alpha value is -3.80. The molecule has 0 unspecified atom stereocenters. The standard InChI is InChI=1S/C31H27Cl2NO4/c1-38-27-14-10-21(11-15-27)5-4-16-34(30(35)24-17-25(32)19-26(33)18-24)20-22-8-12-23(13-9-22)28-6-2-3-7-29(28)31(36)37/h2-3,6-15,17-19H,4-5,16,20H2,1H3,(H,36,37). The topological polar surface area (TPSA) is 66.8 Å². The Morgan fingerprint density at radius 2 is 1.47 bits per heavy atom. The molecule has 4 aromatic carbocycles. The number of ether oxygens (including phenoxy) is 1. The fourth-order valence-electron chi connectivity index (χ4n) is 4.31. The summed E-state index contributed by atoms with van der Waals surface area (Å²) in [7, 11) is 1.64. The minimum atomic E-state index is -0.974. The van der Waals surface area contributed by atoms with Crippen LogP contribution in [0.15, 0.2) is 91.0 Å². The van der Waals surface area contributed by atoms with Crippen molar-refractivity contribution in [1.29, 1.82) is 0 Å². The Labute approximate surface area is 232 Å². The average Bonchev–Trinajstić information content (AvgIpc) is 2.92. The normalized spacial score (nSPS) is 10.7. The monoisotopic (exact) mass is 547 g/mol. The van der Waals surface area contributed by atoms with E-state index >= 15 is 0 Å². The van der Waals surface area contributed by atoms with Crippen LogP contribution in [0.3, 0.4) is 0 Å². The van der Waals surface area contributed by atoms with Crippen molar-refractivity contribution in [3.05, 3.63) is 123 Å². The first kappa shape index (κ1) is 27.2. The number of hydrogen-bond donors (Lipinski definition) is 1. The summed E-state index contributed by atoms with van der Waals surface area (Å²) in [6.45, 7) is 0.908. The third kappa shape index (κ3) is 6.94. The predicted molar refractivity (Wildman–Crippen MR) is 151 cm³/mol. The van der Waals surface area contributed by atoms with Crippen LogP contribution in [0.4, 0.5) is 0 Å². The lowest BCUT2D eigenvalue weighted by atomic mass is 9.98. The largest absolute Gasteiger partial charge is 0.497 e. The molecule has 0 radical (unpaired) electrons. The molecule has 38 heavy (non-hydrogen) atoms. The van der Waals surface area contributed by atoms with Gasteiger partial charge in [-0.25, -0.2) is 4.79 Å². The van der Waals surface area contributed by atoms with Gasteiger partial charge in [0.1, 0.15) is 5.75 Å². The van der Waals surface area contributed by atoms with Gasteiger partial charge in [0.2, 0.25) is 0 Å². The lowest BCUT2D eigenvalue weighted by Crippen LogP contribution is -2.31. The number of methoxy groups -OCH3 is 1. The third-order valence-corrected chi connectivity index (χ3v) is 6.68. The first-order valence-electron chi connectivity index (χ1n) is 12.1. The van der Waals surface area contributed by atoms with Gasteiger partial charge in [0.25, 0.3) is 5.91 Å². The number of halogens is 2. The summed E-state index contributed by atoms with van der Waals surface area (Å²) in [4.78, 5) is 26.9. The summed E-state index contributed by atoms with van der Waals surface area (Å²) < 4.78 is 5.23. The van der Waals surface area contributed by atoms with Crippen LogP contribution in [0.1, 0.15) is 38.3 Å². The maximum Gasteiger partial charge on any atom is 0.336 e. The zero-order valence-corrected chi connectivity index (χ0v) is 22.4. The van der Waals surface area contributed by atoms with Crippen LogP contribution in [0.25, 0.3) is 11.1 Å². The van der Waals surface area contributed by atoms with E-state index in [1.165, 1.54) is 0 Å². The van der Waals surface area contributed by atoms with E-state index in [0.717, 1.165) is 35.3 Å². The molecule has 194 valence electrons. The fourth-order valence-corrected chi connectivity index (χ4v) is 4.84. The summed E-state index contributed by atoms with van der Waals surface area (Å²) in [6, 6.07) is 27.2. The molecule has 0 aliphatic carbocycles. The second kappa shape index (κ2) is 12.6. The minimum Gasteiger partial charge on any atom is -0.497 e. The molecule has 0 aliphatic rings. The van der Waals surface area contributed by atoms with Gasteiger partial charge in [-0.2, -0.15) is 0 Å². The number of carboxylic acids is 1. The molecule has 0 atom stereocenters. The van der Waals surface area contributed by atoms with Gasteiger partial charge in [0.15, 0.2) is 0 Å². The molecule has 0 heterocycles. The summed E-state index contributed by atoms with van der Waals surface area (Å²) in [5, 5.41) is 10.3. The van der Waals surface area contributed by atoms with Crippen LogP contribution in [-0.2, 0) is 13.0 Å². The maximum absolute atomic E-state index is 13.5. The van der Waals surface area contributed by atoms with Gasteiger partial charge < -0.3 is 14.7 Å². The van der Waals surface area contributed by atoms with Gasteiger partial charge in [-0.05, 0) is 71.5 Å². The van der Waals surface area contributed by atoms with E-state index in [9.17, 15) is 14.7 Å². The van der Waals surface area contributed by atoms with E-state index in [-0.39, 0.29) is 11.5 Å². The first-order chi connectivity index (χ1) is 18.3. The molecule has 0 spiro atoms. The second-order valence-electron chi connectivity index (χ2n) is 8.88. The Morgan fingerprint density at radius 1 is 0.842 bits per heavy atom. The first-order valence-corrected chi connectivity index (χ1v) is 12.9. The zero-order valence-electron chi connectivity index (χ0n) is 20.9. The predicted octanol–water partition coefficient (Wildman–Crippen LogP) is 7.64. The highest BCUT2D eigenvalue weighted by Crippen LogP contribution is 2.26. The molecule has 4 rings (SSSR count). The Kier molecular flexibility index (Phi) is 9.06. The molecular weight excluding hydrogens is 521 g/mol. The average molecular weight is 548 g/mol. The van der Waals surface area contributed by atoms with Crippen LogP contribution in [0, 0.1) is 0 Å². The number of benzene rings is 4. The highest BCUT2D eigenvalue weighted by Gasteiger charge is 2.18. The van der Waals surface area contributed by atoms with Crippen molar-refractivity contribution in [1.82, 2.24) is 4.90 Å². The molecule has 7 heteroatoms. The van der Waals surface area contributed by atoms with Gasteiger partial charge in [-0.3, -0.25) is 4.79 Å². The molecular formula is C31H27Cl2NO4. The van der Waals surface area contributed by atoms with Gasteiger partial charge in [0.05, 0.1) is 12.7 Å². The van der Waals surface area contributed by atoms with Crippen molar-refractivity contribution >= 4 is 35.1 Å². The molecule has 0 saturated carbocycles. The van der Waals surface area contributed by atoms with Crippen molar-refractivity contribution in [3.63, 3.8) is 0 Å². The van der Waals surface area contributed by atoms with E-state index in [1.54, 1.807) is 48.4 Å². The number of hydrogen-bond acceptors (Lipinski definition) is 3. The van der Waals surface area contributed by atoms with E-state index < -0.39 is 5.97 Å². The Morgan fingerprint density at radius 3 is 2.11 bits per heavy atom. The van der Waals surface area contributed by atoms with Crippen LogP contribution in [-0.4, -0.2) is 35.5 Å². The summed E-state index contributed by atoms with van der Waals surface area (Å²) in [6.07, 6.45) is 1.56. The number of amides is 1. The quantitative estimate of drug-likeness (QED) is 0.221. The molecule has 0 fully saturated rings. The van der Waals surface area contributed by atoms with Crippen molar-refractivity contribution in [2.45, 2.75) is 19.4 Å². The number of aryl methyl sites for hydroxylation is 1. The van der Waals surface area contributed by atoms with Crippen molar-refractivity contribution in [2.75, 3.05) is 13.7 Å². The molecule has 5 nitrogen and oxygen atoms in total. The molecule has 1 N–H and O–H groups in total. The van der Waals surface area contributed by atoms with Crippen LogP contribution < -0.4 is 4.74 Å². The van der Waals surface area contributed by atoms with Gasteiger partial charge in [-0.15, -0.1) is 0 Å². The van der Waals surface area contributed by atoms with Crippen LogP contribution >= 0.6 is 23.2 Å². The number of carbonyl (C=O) groups excluding carboxylic acids is 1. The van der Waals surface area contributed by atoms with Crippen molar-refractivity contribution < 1.29 is 19.4 Å². The number of rotatable bonds is 10. The lowest BCUT2D eigenvalue weighted by molar-refractivity contribution is 0.0696. The molecule has 4 aromatic rings. The van der Waals surface area contributed by atoms with Gasteiger partial charge >= 0.3 is 5.97 Å². The third-order valence-electron chi connectivity index (χ3n) is 6.25. The zero-order chi connectivity index (χ0) is 27.1. The molecule has 0 bridgehead atoms. The molecule has 0 aliphatic heterocycles. The summed E-state index contributed by atoms with van der Waals surface area (Å²) in [5.74, 6) is -0.333. The van der Waals surface area contributed by atoms with E-state index in [4.69, 9.17) is 27.9 Å². The summed E-state index contributed by atoms with van der Waals surface area (Å²) in [5.41, 5.74) is 4.20. The van der Waals surface area contributed by atoms with E-state index in [1.807, 2.05) is 54.6 Å².